The van der Waals surface area contributed by atoms with Crippen molar-refractivity contribution in [3.05, 3.63) is 35.9 Å². The van der Waals surface area contributed by atoms with Gasteiger partial charge in [-0.25, -0.2) is 0 Å². The number of hydrogen-bond donors (Lipinski definition) is 1. The first-order valence-corrected chi connectivity index (χ1v) is 6.44. The molecule has 110 valence electrons. The van der Waals surface area contributed by atoms with Crippen molar-refractivity contribution in [3.63, 3.8) is 0 Å². The van der Waals surface area contributed by atoms with Crippen LogP contribution >= 0.6 is 0 Å². The van der Waals surface area contributed by atoms with Crippen LogP contribution in [0, 0.1) is 0 Å². The number of carbonyl (C=O) groups excluding carboxylic acids is 1. The Morgan fingerprint density at radius 2 is 1.85 bits per heavy atom. The molecule has 2 N–H and O–H groups in total. The Morgan fingerprint density at radius 3 is 2.30 bits per heavy atom. The second-order valence-electron chi connectivity index (χ2n) is 5.35. The van der Waals surface area contributed by atoms with Crippen molar-refractivity contribution >= 4 is 5.91 Å². The van der Waals surface area contributed by atoms with Crippen LogP contribution in [0.5, 0.6) is 0 Å². The van der Waals surface area contributed by atoms with E-state index < -0.39 is 17.6 Å². The van der Waals surface area contributed by atoms with Crippen LogP contribution in [-0.4, -0.2) is 28.6 Å². The van der Waals surface area contributed by atoms with Gasteiger partial charge in [-0.3, -0.25) is 4.79 Å². The van der Waals surface area contributed by atoms with Crippen LogP contribution in [-0.2, 0) is 11.3 Å². The van der Waals surface area contributed by atoms with Crippen molar-refractivity contribution in [2.24, 2.45) is 5.73 Å². The van der Waals surface area contributed by atoms with E-state index >= 15 is 0 Å². The molecule has 0 bridgehead atoms. The Morgan fingerprint density at radius 1 is 1.30 bits per heavy atom. The maximum atomic E-state index is 12.9. The number of nitrogens with two attached hydrogens (primary N) is 1. The average Bonchev–Trinajstić information content (AvgIpc) is 3.19. The van der Waals surface area contributed by atoms with Gasteiger partial charge in [-0.05, 0) is 25.3 Å². The van der Waals surface area contributed by atoms with Crippen LogP contribution in [0.25, 0.3) is 0 Å². The van der Waals surface area contributed by atoms with Gasteiger partial charge in [0.1, 0.15) is 0 Å². The van der Waals surface area contributed by atoms with E-state index in [1.54, 1.807) is 24.3 Å². The number of nitrogens with zero attached hydrogens (tertiary/aromatic N) is 1. The fourth-order valence-corrected chi connectivity index (χ4v) is 1.95. The van der Waals surface area contributed by atoms with E-state index in [-0.39, 0.29) is 12.6 Å². The molecular formula is C14H17F3N2O. The van der Waals surface area contributed by atoms with Crippen molar-refractivity contribution in [3.8, 4) is 0 Å². The fourth-order valence-electron chi connectivity index (χ4n) is 1.95. The van der Waals surface area contributed by atoms with Gasteiger partial charge in [0.2, 0.25) is 0 Å². The molecule has 0 radical (unpaired) electrons. The molecule has 1 fully saturated rings. The molecule has 1 aromatic carbocycles. The zero-order valence-corrected chi connectivity index (χ0v) is 11.2. The van der Waals surface area contributed by atoms with E-state index in [0.717, 1.165) is 25.3 Å². The molecule has 1 aromatic rings. The number of rotatable bonds is 4. The molecule has 1 saturated carbocycles. The molecule has 1 atom stereocenters. The van der Waals surface area contributed by atoms with Gasteiger partial charge in [-0.15, -0.1) is 0 Å². The van der Waals surface area contributed by atoms with Gasteiger partial charge < -0.3 is 10.6 Å². The molecule has 3 nitrogen and oxygen atoms in total. The summed E-state index contributed by atoms with van der Waals surface area (Å²) in [6, 6.07) is 8.82. The van der Waals surface area contributed by atoms with E-state index in [2.05, 4.69) is 0 Å². The summed E-state index contributed by atoms with van der Waals surface area (Å²) in [5.74, 6) is -1.06. The minimum absolute atomic E-state index is 0.132. The molecule has 6 heteroatoms. The number of hydrogen-bond acceptors (Lipinski definition) is 2. The van der Waals surface area contributed by atoms with E-state index in [0.29, 0.717) is 0 Å². The Hall–Kier alpha value is -1.56. The number of carbonyl (C=O) groups is 1. The first-order chi connectivity index (χ1) is 9.23. The summed E-state index contributed by atoms with van der Waals surface area (Å²) < 4.78 is 38.7. The minimum atomic E-state index is -4.76. The predicted octanol–water partition coefficient (Wildman–Crippen LogP) is 2.46. The third kappa shape index (κ3) is 2.95. The van der Waals surface area contributed by atoms with Gasteiger partial charge in [0, 0.05) is 12.6 Å². The van der Waals surface area contributed by atoms with E-state index in [9.17, 15) is 18.0 Å². The average molecular weight is 286 g/mol. The summed E-state index contributed by atoms with van der Waals surface area (Å²) in [6.45, 7) is 0.892. The molecule has 1 amide bonds. The highest BCUT2D eigenvalue weighted by molar-refractivity contribution is 5.87. The SMILES string of the molecule is CC(N)(C(=O)N(Cc1ccccc1)C1CC1)C(F)(F)F. The number of alkyl halides is 3. The molecule has 1 aliphatic rings. The second kappa shape index (κ2) is 5.09. The minimum Gasteiger partial charge on any atom is -0.333 e. The Bertz CT molecular complexity index is 481. The summed E-state index contributed by atoms with van der Waals surface area (Å²) in [6.07, 6.45) is -3.30. The molecule has 0 aromatic heterocycles. The van der Waals surface area contributed by atoms with Crippen molar-refractivity contribution in [1.29, 1.82) is 0 Å². The highest BCUT2D eigenvalue weighted by atomic mass is 19.4. The highest BCUT2D eigenvalue weighted by Gasteiger charge is 2.56. The molecule has 20 heavy (non-hydrogen) atoms. The molecule has 1 aliphatic carbocycles. The van der Waals surface area contributed by atoms with Crippen LogP contribution in [0.4, 0.5) is 13.2 Å². The van der Waals surface area contributed by atoms with Crippen molar-refractivity contribution in [1.82, 2.24) is 4.90 Å². The van der Waals surface area contributed by atoms with E-state index in [1.807, 2.05) is 6.07 Å². The predicted molar refractivity (Wildman–Crippen MR) is 68.7 cm³/mol. The number of amides is 1. The van der Waals surface area contributed by atoms with Crippen molar-refractivity contribution in [2.75, 3.05) is 0 Å². The van der Waals surface area contributed by atoms with Crippen LogP contribution in [0.3, 0.4) is 0 Å². The fraction of sp³-hybridized carbons (Fsp3) is 0.500. The number of halogens is 3. The zero-order valence-electron chi connectivity index (χ0n) is 11.2. The molecule has 2 rings (SSSR count). The van der Waals surface area contributed by atoms with Crippen molar-refractivity contribution < 1.29 is 18.0 Å². The first-order valence-electron chi connectivity index (χ1n) is 6.44. The van der Waals surface area contributed by atoms with Crippen LogP contribution in [0.1, 0.15) is 25.3 Å². The van der Waals surface area contributed by atoms with Gasteiger partial charge in [0.05, 0.1) is 0 Å². The summed E-state index contributed by atoms with van der Waals surface area (Å²) in [4.78, 5) is 13.4. The summed E-state index contributed by atoms with van der Waals surface area (Å²) in [5.41, 5.74) is 3.20. The maximum absolute atomic E-state index is 12.9. The van der Waals surface area contributed by atoms with Crippen LogP contribution < -0.4 is 5.73 Å². The first kappa shape index (κ1) is 14.8. The van der Waals surface area contributed by atoms with Crippen LogP contribution in [0.15, 0.2) is 30.3 Å². The molecule has 0 saturated heterocycles. The smallest absolute Gasteiger partial charge is 0.333 e. The lowest BCUT2D eigenvalue weighted by atomic mass is 10.0. The van der Waals surface area contributed by atoms with E-state index in [1.165, 1.54) is 4.90 Å². The molecule has 0 heterocycles. The Balaban J connectivity index is 2.19. The standard InChI is InChI=1S/C14H17F3N2O/c1-13(18,14(15,16)17)12(20)19(11-7-8-11)9-10-5-3-2-4-6-10/h2-6,11H,7-9,18H2,1H3. The maximum Gasteiger partial charge on any atom is 0.415 e. The van der Waals surface area contributed by atoms with Gasteiger partial charge >= 0.3 is 6.18 Å². The summed E-state index contributed by atoms with van der Waals surface area (Å²) in [5, 5.41) is 0. The number of benzene rings is 1. The summed E-state index contributed by atoms with van der Waals surface area (Å²) >= 11 is 0. The highest BCUT2D eigenvalue weighted by Crippen LogP contribution is 2.35. The second-order valence-corrected chi connectivity index (χ2v) is 5.35. The zero-order chi connectivity index (χ0) is 15.0. The topological polar surface area (TPSA) is 46.3 Å². The quantitative estimate of drug-likeness (QED) is 0.924. The third-order valence-corrected chi connectivity index (χ3v) is 3.48. The van der Waals surface area contributed by atoms with Gasteiger partial charge in [0.15, 0.2) is 5.54 Å². The molecule has 1 unspecified atom stereocenters. The Labute approximate surface area is 115 Å². The lowest BCUT2D eigenvalue weighted by Gasteiger charge is -2.33. The largest absolute Gasteiger partial charge is 0.415 e. The van der Waals surface area contributed by atoms with E-state index in [4.69, 9.17) is 5.73 Å². The molecule has 0 aliphatic heterocycles. The lowest BCUT2D eigenvalue weighted by molar-refractivity contribution is -0.194. The summed E-state index contributed by atoms with van der Waals surface area (Å²) in [7, 11) is 0. The third-order valence-electron chi connectivity index (χ3n) is 3.48. The van der Waals surface area contributed by atoms with Crippen molar-refractivity contribution in [2.45, 2.75) is 44.1 Å². The molecule has 0 spiro atoms. The van der Waals surface area contributed by atoms with Gasteiger partial charge in [-0.2, -0.15) is 13.2 Å². The van der Waals surface area contributed by atoms with Gasteiger partial charge in [0.25, 0.3) is 5.91 Å². The molecular weight excluding hydrogens is 269 g/mol. The Kier molecular flexibility index (Phi) is 3.77. The normalized spacial score (nSPS) is 18.4. The van der Waals surface area contributed by atoms with Gasteiger partial charge in [-0.1, -0.05) is 30.3 Å². The lowest BCUT2D eigenvalue weighted by Crippen LogP contribution is -2.62. The monoisotopic (exact) mass is 286 g/mol. The van der Waals surface area contributed by atoms with Crippen LogP contribution in [0.2, 0.25) is 0 Å².